The molecule has 0 aliphatic carbocycles. The number of carbonyl (C=O) groups is 1. The number of ether oxygens (including phenoxy) is 1. The number of nitrogens with one attached hydrogen (secondary N) is 2. The van der Waals surface area contributed by atoms with Gasteiger partial charge in [-0.05, 0) is 68.4 Å². The Morgan fingerprint density at radius 3 is 2.32 bits per heavy atom. The molecule has 1 aliphatic rings. The van der Waals surface area contributed by atoms with Gasteiger partial charge >= 0.3 is 0 Å². The number of hydrogen-bond acceptors (Lipinski definition) is 5. The third-order valence-electron chi connectivity index (χ3n) is 4.94. The lowest BCUT2D eigenvalue weighted by Gasteiger charge is -2.28. The molecule has 0 atom stereocenters. The average molecular weight is 404 g/mol. The summed E-state index contributed by atoms with van der Waals surface area (Å²) in [5.74, 6) is -0.352. The first kappa shape index (κ1) is 20.3. The van der Waals surface area contributed by atoms with Crippen molar-refractivity contribution in [1.29, 1.82) is 0 Å². The lowest BCUT2D eigenvalue weighted by Crippen LogP contribution is -2.36. The molecule has 0 saturated carbocycles. The second kappa shape index (κ2) is 8.30. The average Bonchev–Trinajstić information content (AvgIpc) is 2.71. The maximum Gasteiger partial charge on any atom is 0.255 e. The van der Waals surface area contributed by atoms with Crippen LogP contribution in [0.5, 0.6) is 0 Å². The van der Waals surface area contributed by atoms with Crippen LogP contribution in [-0.4, -0.2) is 47.7 Å². The van der Waals surface area contributed by atoms with Gasteiger partial charge in [-0.15, -0.1) is 0 Å². The van der Waals surface area contributed by atoms with Crippen LogP contribution in [0.25, 0.3) is 0 Å². The molecule has 7 nitrogen and oxygen atoms in total. The van der Waals surface area contributed by atoms with Crippen LogP contribution in [0.2, 0.25) is 0 Å². The summed E-state index contributed by atoms with van der Waals surface area (Å²) in [5, 5.41) is 2.83. The standard InChI is InChI=1S/C20H25N3O4S/c1-14-12-16(13-19(15(14)2)28(25,26)21-3)20(24)22-17-4-6-18(7-5-17)23-8-10-27-11-9-23/h4-7,12-13,21H,8-11H2,1-3H3,(H,22,24). The zero-order chi connectivity index (χ0) is 20.3. The monoisotopic (exact) mass is 403 g/mol. The third-order valence-corrected chi connectivity index (χ3v) is 6.48. The topological polar surface area (TPSA) is 87.7 Å². The van der Waals surface area contributed by atoms with Crippen molar-refractivity contribution in [3.63, 3.8) is 0 Å². The van der Waals surface area contributed by atoms with Gasteiger partial charge in [0.15, 0.2) is 0 Å². The molecule has 3 rings (SSSR count). The van der Waals surface area contributed by atoms with Crippen LogP contribution >= 0.6 is 0 Å². The van der Waals surface area contributed by atoms with Gasteiger partial charge in [0.1, 0.15) is 0 Å². The van der Waals surface area contributed by atoms with Crippen molar-refractivity contribution < 1.29 is 17.9 Å². The Hall–Kier alpha value is -2.42. The van der Waals surface area contributed by atoms with Crippen molar-refractivity contribution in [3.05, 3.63) is 53.1 Å². The second-order valence-electron chi connectivity index (χ2n) is 6.72. The summed E-state index contributed by atoms with van der Waals surface area (Å²) in [5.41, 5.74) is 3.40. The van der Waals surface area contributed by atoms with Crippen molar-refractivity contribution in [2.45, 2.75) is 18.7 Å². The number of hydrogen-bond donors (Lipinski definition) is 2. The highest BCUT2D eigenvalue weighted by atomic mass is 32.2. The first-order chi connectivity index (χ1) is 13.3. The predicted octanol–water partition coefficient (Wildman–Crippen LogP) is 2.30. The number of anilines is 2. The van der Waals surface area contributed by atoms with Gasteiger partial charge in [-0.25, -0.2) is 13.1 Å². The summed E-state index contributed by atoms with van der Waals surface area (Å²) >= 11 is 0. The van der Waals surface area contributed by atoms with E-state index in [1.54, 1.807) is 19.9 Å². The van der Waals surface area contributed by atoms with Crippen LogP contribution in [0.4, 0.5) is 11.4 Å². The zero-order valence-corrected chi connectivity index (χ0v) is 17.1. The summed E-state index contributed by atoms with van der Waals surface area (Å²) in [6.07, 6.45) is 0. The second-order valence-corrected chi connectivity index (χ2v) is 8.58. The van der Waals surface area contributed by atoms with Crippen LogP contribution in [0, 0.1) is 13.8 Å². The Morgan fingerprint density at radius 1 is 1.07 bits per heavy atom. The van der Waals surface area contributed by atoms with Crippen molar-refractivity contribution in [3.8, 4) is 0 Å². The minimum atomic E-state index is -3.64. The fourth-order valence-electron chi connectivity index (χ4n) is 3.13. The molecule has 2 aromatic carbocycles. The molecule has 1 amide bonds. The van der Waals surface area contributed by atoms with E-state index in [1.807, 2.05) is 24.3 Å². The number of rotatable bonds is 5. The number of amides is 1. The molecular formula is C20H25N3O4S. The van der Waals surface area contributed by atoms with E-state index in [4.69, 9.17) is 4.74 Å². The van der Waals surface area contributed by atoms with Gasteiger partial charge in [0, 0.05) is 30.0 Å². The summed E-state index contributed by atoms with van der Waals surface area (Å²) in [6.45, 7) is 6.63. The van der Waals surface area contributed by atoms with Crippen molar-refractivity contribution in [2.24, 2.45) is 0 Å². The molecule has 0 bridgehead atoms. The molecule has 1 saturated heterocycles. The van der Waals surface area contributed by atoms with Crippen molar-refractivity contribution >= 4 is 27.3 Å². The largest absolute Gasteiger partial charge is 0.378 e. The first-order valence-corrected chi connectivity index (χ1v) is 10.6. The van der Waals surface area contributed by atoms with E-state index >= 15 is 0 Å². The van der Waals surface area contributed by atoms with Crippen LogP contribution in [0.3, 0.4) is 0 Å². The number of benzene rings is 2. The Balaban J connectivity index is 1.79. The van der Waals surface area contributed by atoms with E-state index in [1.165, 1.54) is 13.1 Å². The van der Waals surface area contributed by atoms with Crippen LogP contribution in [-0.2, 0) is 14.8 Å². The molecule has 0 radical (unpaired) electrons. The summed E-state index contributed by atoms with van der Waals surface area (Å²) < 4.78 is 32.1. The van der Waals surface area contributed by atoms with E-state index in [-0.39, 0.29) is 10.8 Å². The Morgan fingerprint density at radius 2 is 1.71 bits per heavy atom. The van der Waals surface area contributed by atoms with Gasteiger partial charge in [0.2, 0.25) is 10.0 Å². The van der Waals surface area contributed by atoms with Gasteiger partial charge in [-0.2, -0.15) is 0 Å². The molecule has 1 aliphatic heterocycles. The van der Waals surface area contributed by atoms with Crippen LogP contribution in [0.15, 0.2) is 41.3 Å². The molecule has 28 heavy (non-hydrogen) atoms. The molecule has 0 aromatic heterocycles. The quantitative estimate of drug-likeness (QED) is 0.800. The van der Waals surface area contributed by atoms with E-state index in [9.17, 15) is 13.2 Å². The number of nitrogens with zero attached hydrogens (tertiary/aromatic N) is 1. The van der Waals surface area contributed by atoms with E-state index in [0.29, 0.717) is 30.0 Å². The minimum Gasteiger partial charge on any atom is -0.378 e. The van der Waals surface area contributed by atoms with Crippen LogP contribution in [0.1, 0.15) is 21.5 Å². The molecule has 2 aromatic rings. The highest BCUT2D eigenvalue weighted by molar-refractivity contribution is 7.89. The number of aryl methyl sites for hydroxylation is 1. The van der Waals surface area contributed by atoms with Gasteiger partial charge in [0.25, 0.3) is 5.91 Å². The summed E-state index contributed by atoms with van der Waals surface area (Å²) in [6, 6.07) is 10.7. The predicted molar refractivity (Wildman–Crippen MR) is 110 cm³/mol. The van der Waals surface area contributed by atoms with Gasteiger partial charge in [-0.3, -0.25) is 4.79 Å². The number of sulfonamides is 1. The molecule has 150 valence electrons. The van der Waals surface area contributed by atoms with E-state index in [2.05, 4.69) is 14.9 Å². The number of morpholine rings is 1. The minimum absolute atomic E-state index is 0.114. The maximum absolute atomic E-state index is 12.7. The summed E-state index contributed by atoms with van der Waals surface area (Å²) in [4.78, 5) is 15.0. The highest BCUT2D eigenvalue weighted by Crippen LogP contribution is 2.23. The first-order valence-electron chi connectivity index (χ1n) is 9.11. The fourth-order valence-corrected chi connectivity index (χ4v) is 4.19. The van der Waals surface area contributed by atoms with Crippen molar-refractivity contribution in [1.82, 2.24) is 4.72 Å². The molecule has 0 unspecified atom stereocenters. The Kier molecular flexibility index (Phi) is 6.02. The lowest BCUT2D eigenvalue weighted by atomic mass is 10.1. The Labute approximate surface area is 165 Å². The van der Waals surface area contributed by atoms with Gasteiger partial charge < -0.3 is 15.0 Å². The zero-order valence-electron chi connectivity index (χ0n) is 16.3. The van der Waals surface area contributed by atoms with Crippen LogP contribution < -0.4 is 14.9 Å². The normalized spacial score (nSPS) is 14.8. The molecule has 1 heterocycles. The molecular weight excluding hydrogens is 378 g/mol. The Bertz CT molecular complexity index is 966. The fraction of sp³-hybridized carbons (Fsp3) is 0.350. The highest BCUT2D eigenvalue weighted by Gasteiger charge is 2.19. The van der Waals surface area contributed by atoms with E-state index in [0.717, 1.165) is 24.3 Å². The molecule has 0 spiro atoms. The van der Waals surface area contributed by atoms with Crippen molar-refractivity contribution in [2.75, 3.05) is 43.6 Å². The number of carbonyl (C=O) groups excluding carboxylic acids is 1. The summed E-state index contributed by atoms with van der Waals surface area (Å²) in [7, 11) is -2.29. The SMILES string of the molecule is CNS(=O)(=O)c1cc(C(=O)Nc2ccc(N3CCOCC3)cc2)cc(C)c1C. The maximum atomic E-state index is 12.7. The third kappa shape index (κ3) is 4.35. The molecule has 1 fully saturated rings. The smallest absolute Gasteiger partial charge is 0.255 e. The molecule has 2 N–H and O–H groups in total. The molecule has 8 heteroatoms. The van der Waals surface area contributed by atoms with E-state index < -0.39 is 10.0 Å². The lowest BCUT2D eigenvalue weighted by molar-refractivity contribution is 0.102. The van der Waals surface area contributed by atoms with Gasteiger partial charge in [0.05, 0.1) is 18.1 Å². The van der Waals surface area contributed by atoms with Gasteiger partial charge in [-0.1, -0.05) is 0 Å².